The highest BCUT2D eigenvalue weighted by atomic mass is 35.5. The smallest absolute Gasteiger partial charge is 0.231 e. The van der Waals surface area contributed by atoms with E-state index in [-0.39, 0.29) is 11.2 Å². The Bertz CT molecular complexity index is 336. The molecule has 0 radical (unpaired) electrons. The summed E-state index contributed by atoms with van der Waals surface area (Å²) in [5.74, 6) is 1.51. The van der Waals surface area contributed by atoms with Crippen molar-refractivity contribution in [2.45, 2.75) is 19.8 Å². The summed E-state index contributed by atoms with van der Waals surface area (Å²) >= 11 is 5.73. The molecule has 0 saturated carbocycles. The molecule has 6 heteroatoms. The lowest BCUT2D eigenvalue weighted by Crippen LogP contribution is -2.22. The Morgan fingerprint density at radius 3 is 2.87 bits per heavy atom. The predicted octanol–water partition coefficient (Wildman–Crippen LogP) is 1.34. The lowest BCUT2D eigenvalue weighted by Gasteiger charge is -2.15. The van der Waals surface area contributed by atoms with Gasteiger partial charge in [-0.2, -0.15) is 15.0 Å². The summed E-state index contributed by atoms with van der Waals surface area (Å²) in [7, 11) is 0. The third kappa shape index (κ3) is 2.28. The van der Waals surface area contributed by atoms with Gasteiger partial charge in [-0.1, -0.05) is 13.3 Å². The molecular weight excluding hydrogens is 214 g/mol. The van der Waals surface area contributed by atoms with Crippen molar-refractivity contribution in [2.24, 2.45) is 5.92 Å². The lowest BCUT2D eigenvalue weighted by atomic mass is 10.1. The molecule has 0 aliphatic carbocycles. The third-order valence-corrected chi connectivity index (χ3v) is 2.93. The molecule has 0 aromatic carbocycles. The van der Waals surface area contributed by atoms with Gasteiger partial charge in [-0.15, -0.1) is 0 Å². The van der Waals surface area contributed by atoms with E-state index in [1.165, 1.54) is 12.8 Å². The molecule has 1 saturated heterocycles. The fourth-order valence-electron chi connectivity index (χ4n) is 1.84. The Balaban J connectivity index is 2.16. The van der Waals surface area contributed by atoms with E-state index in [2.05, 4.69) is 26.8 Å². The third-order valence-electron chi connectivity index (χ3n) is 2.76. The van der Waals surface area contributed by atoms with Crippen molar-refractivity contribution in [3.63, 3.8) is 0 Å². The van der Waals surface area contributed by atoms with Crippen LogP contribution in [0.5, 0.6) is 0 Å². The van der Waals surface area contributed by atoms with Crippen LogP contribution in [0.2, 0.25) is 5.28 Å². The molecule has 82 valence electrons. The van der Waals surface area contributed by atoms with Gasteiger partial charge in [0, 0.05) is 13.1 Å². The molecule has 15 heavy (non-hydrogen) atoms. The van der Waals surface area contributed by atoms with Crippen molar-refractivity contribution in [1.29, 1.82) is 0 Å². The molecule has 5 nitrogen and oxygen atoms in total. The molecule has 0 bridgehead atoms. The number of nitrogen functional groups attached to an aromatic ring is 1. The monoisotopic (exact) mass is 227 g/mol. The SMILES string of the molecule is CCC1CCN(c2nc(N)nc(Cl)n2)C1. The molecule has 1 atom stereocenters. The molecule has 1 aromatic heterocycles. The minimum absolute atomic E-state index is 0.164. The highest BCUT2D eigenvalue weighted by Gasteiger charge is 2.23. The quantitative estimate of drug-likeness (QED) is 0.826. The fourth-order valence-corrected chi connectivity index (χ4v) is 2.01. The molecule has 1 aliphatic rings. The van der Waals surface area contributed by atoms with Crippen molar-refractivity contribution in [2.75, 3.05) is 23.7 Å². The van der Waals surface area contributed by atoms with E-state index in [1.54, 1.807) is 0 Å². The summed E-state index contributed by atoms with van der Waals surface area (Å²) in [6.45, 7) is 4.15. The fraction of sp³-hybridized carbons (Fsp3) is 0.667. The van der Waals surface area contributed by atoms with E-state index >= 15 is 0 Å². The normalized spacial score (nSPS) is 20.9. The first-order chi connectivity index (χ1) is 7.19. The van der Waals surface area contributed by atoms with Gasteiger partial charge in [0.05, 0.1) is 0 Å². The first-order valence-corrected chi connectivity index (χ1v) is 5.49. The zero-order chi connectivity index (χ0) is 10.8. The Morgan fingerprint density at radius 2 is 2.27 bits per heavy atom. The Kier molecular flexibility index (Phi) is 2.90. The molecule has 1 aliphatic heterocycles. The number of nitrogens with two attached hydrogens (primary N) is 1. The lowest BCUT2D eigenvalue weighted by molar-refractivity contribution is 0.568. The summed E-state index contributed by atoms with van der Waals surface area (Å²) in [5.41, 5.74) is 5.52. The maximum atomic E-state index is 5.73. The minimum atomic E-state index is 0.164. The summed E-state index contributed by atoms with van der Waals surface area (Å²) in [4.78, 5) is 14.0. The van der Waals surface area contributed by atoms with Gasteiger partial charge in [-0.25, -0.2) is 0 Å². The van der Waals surface area contributed by atoms with Crippen molar-refractivity contribution < 1.29 is 0 Å². The van der Waals surface area contributed by atoms with Gasteiger partial charge < -0.3 is 10.6 Å². The predicted molar refractivity (Wildman–Crippen MR) is 59.9 cm³/mol. The van der Waals surface area contributed by atoms with E-state index in [0.717, 1.165) is 19.0 Å². The van der Waals surface area contributed by atoms with Crippen LogP contribution in [0.15, 0.2) is 0 Å². The second kappa shape index (κ2) is 4.18. The number of anilines is 2. The van der Waals surface area contributed by atoms with Crippen LogP contribution in [-0.2, 0) is 0 Å². The van der Waals surface area contributed by atoms with Gasteiger partial charge in [0.1, 0.15) is 0 Å². The van der Waals surface area contributed by atoms with Crippen LogP contribution < -0.4 is 10.6 Å². The zero-order valence-corrected chi connectivity index (χ0v) is 9.41. The standard InChI is InChI=1S/C9H14ClN5/c1-2-6-3-4-15(5-6)9-13-7(10)12-8(11)14-9/h6H,2-5H2,1H3,(H2,11,12,13,14). The zero-order valence-electron chi connectivity index (χ0n) is 8.65. The largest absolute Gasteiger partial charge is 0.368 e. The van der Waals surface area contributed by atoms with Gasteiger partial charge in [-0.05, 0) is 23.9 Å². The Morgan fingerprint density at radius 1 is 1.47 bits per heavy atom. The average molecular weight is 228 g/mol. The van der Waals surface area contributed by atoms with E-state index in [1.807, 2.05) is 0 Å². The summed E-state index contributed by atoms with van der Waals surface area (Å²) < 4.78 is 0. The van der Waals surface area contributed by atoms with E-state index in [9.17, 15) is 0 Å². The summed E-state index contributed by atoms with van der Waals surface area (Å²) in [5, 5.41) is 0.164. The molecular formula is C9H14ClN5. The molecule has 0 amide bonds. The van der Waals surface area contributed by atoms with Crippen LogP contribution >= 0.6 is 11.6 Å². The van der Waals surface area contributed by atoms with Crippen molar-refractivity contribution in [3.8, 4) is 0 Å². The van der Waals surface area contributed by atoms with Crippen LogP contribution in [0.3, 0.4) is 0 Å². The van der Waals surface area contributed by atoms with Gasteiger partial charge in [0.2, 0.25) is 17.2 Å². The van der Waals surface area contributed by atoms with Gasteiger partial charge in [0.25, 0.3) is 0 Å². The second-order valence-corrected chi connectivity index (χ2v) is 4.11. The number of halogens is 1. The van der Waals surface area contributed by atoms with Crippen molar-refractivity contribution in [3.05, 3.63) is 5.28 Å². The average Bonchev–Trinajstić information content (AvgIpc) is 2.64. The van der Waals surface area contributed by atoms with Crippen LogP contribution in [0.4, 0.5) is 11.9 Å². The summed E-state index contributed by atoms with van der Waals surface area (Å²) in [6.07, 6.45) is 2.37. The minimum Gasteiger partial charge on any atom is -0.368 e. The van der Waals surface area contributed by atoms with E-state index < -0.39 is 0 Å². The van der Waals surface area contributed by atoms with Crippen LogP contribution in [0.25, 0.3) is 0 Å². The Labute approximate surface area is 93.7 Å². The summed E-state index contributed by atoms with van der Waals surface area (Å²) in [6, 6.07) is 0. The van der Waals surface area contributed by atoms with E-state index in [4.69, 9.17) is 17.3 Å². The molecule has 1 unspecified atom stereocenters. The van der Waals surface area contributed by atoms with Crippen molar-refractivity contribution in [1.82, 2.24) is 15.0 Å². The number of aromatic nitrogens is 3. The molecule has 2 rings (SSSR count). The molecule has 1 aromatic rings. The number of rotatable bonds is 2. The molecule has 1 fully saturated rings. The van der Waals surface area contributed by atoms with Crippen molar-refractivity contribution >= 4 is 23.5 Å². The maximum absolute atomic E-state index is 5.73. The second-order valence-electron chi connectivity index (χ2n) is 3.77. The number of hydrogen-bond acceptors (Lipinski definition) is 5. The first kappa shape index (κ1) is 10.4. The maximum Gasteiger partial charge on any atom is 0.231 e. The van der Waals surface area contributed by atoms with Crippen LogP contribution in [0.1, 0.15) is 19.8 Å². The topological polar surface area (TPSA) is 67.9 Å². The van der Waals surface area contributed by atoms with Gasteiger partial charge >= 0.3 is 0 Å². The van der Waals surface area contributed by atoms with Crippen LogP contribution in [-0.4, -0.2) is 28.0 Å². The van der Waals surface area contributed by atoms with E-state index in [0.29, 0.717) is 5.95 Å². The molecule has 0 spiro atoms. The highest BCUT2D eigenvalue weighted by molar-refractivity contribution is 6.28. The highest BCUT2D eigenvalue weighted by Crippen LogP contribution is 2.23. The molecule has 2 N–H and O–H groups in total. The van der Waals surface area contributed by atoms with Gasteiger partial charge in [0.15, 0.2) is 0 Å². The number of hydrogen-bond donors (Lipinski definition) is 1. The van der Waals surface area contributed by atoms with Gasteiger partial charge in [-0.3, -0.25) is 0 Å². The molecule has 2 heterocycles. The Hall–Kier alpha value is -1.10. The first-order valence-electron chi connectivity index (χ1n) is 5.11. The number of nitrogens with zero attached hydrogens (tertiary/aromatic N) is 4. The van der Waals surface area contributed by atoms with Crippen LogP contribution in [0, 0.1) is 5.92 Å².